The molecule has 0 bridgehead atoms. The molecule has 1 aliphatic rings. The van der Waals surface area contributed by atoms with Crippen molar-refractivity contribution in [1.82, 2.24) is 0 Å². The third-order valence-electron chi connectivity index (χ3n) is 2.98. The quantitative estimate of drug-likeness (QED) is 0.805. The first-order valence-corrected chi connectivity index (χ1v) is 8.69. The van der Waals surface area contributed by atoms with E-state index in [1.54, 1.807) is 12.1 Å². The standard InChI is InChI=1S/C11H14O4S2/c1-9-2-4-10(5-3-9)17(14,15)11-6-7-16(12,13)8-11/h2-5,11H,6-8H2,1H3. The second-order valence-corrected chi connectivity index (χ2v) is 8.84. The number of hydrogen-bond acceptors (Lipinski definition) is 4. The Morgan fingerprint density at radius 3 is 2.24 bits per heavy atom. The van der Waals surface area contributed by atoms with Crippen molar-refractivity contribution < 1.29 is 16.8 Å². The zero-order valence-corrected chi connectivity index (χ0v) is 11.1. The Morgan fingerprint density at radius 2 is 1.76 bits per heavy atom. The summed E-state index contributed by atoms with van der Waals surface area (Å²) < 4.78 is 47.0. The van der Waals surface area contributed by atoms with Gasteiger partial charge in [-0.25, -0.2) is 16.8 Å². The molecule has 0 aliphatic carbocycles. The van der Waals surface area contributed by atoms with Crippen molar-refractivity contribution in [2.45, 2.75) is 23.5 Å². The van der Waals surface area contributed by atoms with Crippen LogP contribution in [0.2, 0.25) is 0 Å². The topological polar surface area (TPSA) is 68.3 Å². The summed E-state index contributed by atoms with van der Waals surface area (Å²) in [4.78, 5) is 0.213. The molecule has 1 unspecified atom stereocenters. The lowest BCUT2D eigenvalue weighted by Gasteiger charge is -2.09. The highest BCUT2D eigenvalue weighted by Gasteiger charge is 2.37. The van der Waals surface area contributed by atoms with Gasteiger partial charge in [-0.3, -0.25) is 0 Å². The maximum Gasteiger partial charge on any atom is 0.182 e. The molecular weight excluding hydrogens is 260 g/mol. The van der Waals surface area contributed by atoms with E-state index in [2.05, 4.69) is 0 Å². The summed E-state index contributed by atoms with van der Waals surface area (Å²) in [5, 5.41) is -0.782. The van der Waals surface area contributed by atoms with Crippen LogP contribution < -0.4 is 0 Å². The summed E-state index contributed by atoms with van der Waals surface area (Å²) in [6.45, 7) is 1.87. The predicted molar refractivity (Wildman–Crippen MR) is 65.4 cm³/mol. The van der Waals surface area contributed by atoms with Gasteiger partial charge in [0.1, 0.15) is 0 Å². The minimum absolute atomic E-state index is 0.0250. The number of hydrogen-bond donors (Lipinski definition) is 0. The van der Waals surface area contributed by atoms with Crippen LogP contribution in [0.15, 0.2) is 29.2 Å². The van der Waals surface area contributed by atoms with E-state index in [4.69, 9.17) is 0 Å². The van der Waals surface area contributed by atoms with Crippen LogP contribution in [0.3, 0.4) is 0 Å². The van der Waals surface area contributed by atoms with Crippen molar-refractivity contribution in [3.8, 4) is 0 Å². The van der Waals surface area contributed by atoms with Gasteiger partial charge in [-0.05, 0) is 25.5 Å². The highest BCUT2D eigenvalue weighted by Crippen LogP contribution is 2.25. The van der Waals surface area contributed by atoms with Gasteiger partial charge in [0, 0.05) is 0 Å². The van der Waals surface area contributed by atoms with Crippen LogP contribution in [0.5, 0.6) is 0 Å². The molecule has 0 saturated carbocycles. The summed E-state index contributed by atoms with van der Waals surface area (Å²) in [7, 11) is -6.68. The van der Waals surface area contributed by atoms with Crippen molar-refractivity contribution >= 4 is 19.7 Å². The van der Waals surface area contributed by atoms with Crippen LogP contribution in [0.4, 0.5) is 0 Å². The first-order chi connectivity index (χ1) is 7.81. The zero-order valence-electron chi connectivity index (χ0n) is 9.46. The van der Waals surface area contributed by atoms with E-state index in [1.165, 1.54) is 12.1 Å². The second kappa shape index (κ2) is 4.10. The van der Waals surface area contributed by atoms with E-state index < -0.39 is 24.9 Å². The number of benzene rings is 1. The summed E-state index contributed by atoms with van der Waals surface area (Å²) in [5.41, 5.74) is 0.975. The molecular formula is C11H14O4S2. The Kier molecular flexibility index (Phi) is 3.03. The molecule has 0 radical (unpaired) electrons. The fourth-order valence-corrected chi connectivity index (χ4v) is 6.29. The molecule has 1 aromatic rings. The molecule has 0 amide bonds. The molecule has 17 heavy (non-hydrogen) atoms. The average molecular weight is 274 g/mol. The van der Waals surface area contributed by atoms with Crippen molar-refractivity contribution in [2.24, 2.45) is 0 Å². The second-order valence-electron chi connectivity index (χ2n) is 4.38. The van der Waals surface area contributed by atoms with Gasteiger partial charge in [-0.15, -0.1) is 0 Å². The molecule has 2 rings (SSSR count). The van der Waals surface area contributed by atoms with Gasteiger partial charge in [-0.1, -0.05) is 17.7 Å². The molecule has 1 aromatic carbocycles. The highest BCUT2D eigenvalue weighted by atomic mass is 32.2. The summed E-state index contributed by atoms with van der Waals surface area (Å²) >= 11 is 0. The SMILES string of the molecule is Cc1ccc(S(=O)(=O)C2CCS(=O)(=O)C2)cc1. The van der Waals surface area contributed by atoms with Gasteiger partial charge in [0.2, 0.25) is 0 Å². The smallest absolute Gasteiger partial charge is 0.182 e. The van der Waals surface area contributed by atoms with E-state index in [1.807, 2.05) is 6.92 Å². The lowest BCUT2D eigenvalue weighted by molar-refractivity contribution is 0.582. The largest absolute Gasteiger partial charge is 0.229 e. The fourth-order valence-electron chi connectivity index (χ4n) is 1.93. The molecule has 1 fully saturated rings. The monoisotopic (exact) mass is 274 g/mol. The third-order valence-corrected chi connectivity index (χ3v) is 7.17. The Morgan fingerprint density at radius 1 is 1.18 bits per heavy atom. The number of aryl methyl sites for hydroxylation is 1. The van der Waals surface area contributed by atoms with Gasteiger partial charge in [-0.2, -0.15) is 0 Å². The molecule has 1 saturated heterocycles. The van der Waals surface area contributed by atoms with Crippen molar-refractivity contribution in [3.05, 3.63) is 29.8 Å². The predicted octanol–water partition coefficient (Wildman–Crippen LogP) is 0.956. The number of rotatable bonds is 2. The number of sulfone groups is 2. The summed E-state index contributed by atoms with van der Waals surface area (Å²) in [6, 6.07) is 6.51. The van der Waals surface area contributed by atoms with Crippen molar-refractivity contribution in [3.63, 3.8) is 0 Å². The Hall–Kier alpha value is -0.880. The first kappa shape index (κ1) is 12.6. The van der Waals surface area contributed by atoms with Gasteiger partial charge in [0.05, 0.1) is 21.7 Å². The molecule has 1 heterocycles. The van der Waals surface area contributed by atoms with E-state index in [-0.39, 0.29) is 22.8 Å². The van der Waals surface area contributed by atoms with Gasteiger partial charge < -0.3 is 0 Å². The molecule has 1 aliphatic heterocycles. The van der Waals surface area contributed by atoms with Crippen LogP contribution in [0, 0.1) is 6.92 Å². The summed E-state index contributed by atoms with van der Waals surface area (Å²) in [5.74, 6) is -0.272. The van der Waals surface area contributed by atoms with Gasteiger partial charge >= 0.3 is 0 Å². The third kappa shape index (κ3) is 2.52. The Balaban J connectivity index is 2.35. The lowest BCUT2D eigenvalue weighted by Crippen LogP contribution is -2.22. The maximum atomic E-state index is 12.2. The van der Waals surface area contributed by atoms with E-state index >= 15 is 0 Å². The van der Waals surface area contributed by atoms with Gasteiger partial charge in [0.15, 0.2) is 19.7 Å². The molecule has 94 valence electrons. The summed E-state index contributed by atoms with van der Waals surface area (Å²) in [6.07, 6.45) is 0.207. The zero-order chi connectivity index (χ0) is 12.7. The lowest BCUT2D eigenvalue weighted by atomic mass is 10.2. The molecule has 1 atom stereocenters. The van der Waals surface area contributed by atoms with E-state index in [0.717, 1.165) is 5.56 Å². The first-order valence-electron chi connectivity index (χ1n) is 5.32. The molecule has 0 N–H and O–H groups in total. The Bertz CT molecular complexity index is 612. The van der Waals surface area contributed by atoms with Gasteiger partial charge in [0.25, 0.3) is 0 Å². The highest BCUT2D eigenvalue weighted by molar-refractivity contribution is 7.96. The molecule has 6 heteroatoms. The Labute approximate surface area is 102 Å². The van der Waals surface area contributed by atoms with Crippen LogP contribution in [0.1, 0.15) is 12.0 Å². The van der Waals surface area contributed by atoms with Crippen molar-refractivity contribution in [2.75, 3.05) is 11.5 Å². The van der Waals surface area contributed by atoms with Crippen LogP contribution in [-0.2, 0) is 19.7 Å². The molecule has 0 spiro atoms. The van der Waals surface area contributed by atoms with Crippen LogP contribution in [0.25, 0.3) is 0 Å². The normalized spacial score (nSPS) is 23.7. The average Bonchev–Trinajstić information content (AvgIpc) is 2.60. The molecule has 0 aromatic heterocycles. The molecule has 4 nitrogen and oxygen atoms in total. The fraction of sp³-hybridized carbons (Fsp3) is 0.455. The minimum atomic E-state index is -3.51. The van der Waals surface area contributed by atoms with Crippen LogP contribution >= 0.6 is 0 Å². The van der Waals surface area contributed by atoms with E-state index in [0.29, 0.717) is 0 Å². The minimum Gasteiger partial charge on any atom is -0.229 e. The maximum absolute atomic E-state index is 12.2. The van der Waals surface area contributed by atoms with Crippen molar-refractivity contribution in [1.29, 1.82) is 0 Å². The van der Waals surface area contributed by atoms with E-state index in [9.17, 15) is 16.8 Å². The van der Waals surface area contributed by atoms with Crippen LogP contribution in [-0.4, -0.2) is 33.6 Å².